The molecule has 0 unspecified atom stereocenters. The van der Waals surface area contributed by atoms with Crippen molar-refractivity contribution < 1.29 is 59.7 Å². The Morgan fingerprint density at radius 3 is 2.11 bits per heavy atom. The van der Waals surface area contributed by atoms with Crippen LogP contribution >= 0.6 is 11.6 Å². The maximum Gasteiger partial charge on any atom is 0.414 e. The molecule has 0 saturated heterocycles. The minimum absolute atomic E-state index is 0.00251. The summed E-state index contributed by atoms with van der Waals surface area (Å²) in [5.41, 5.74) is 0.845. The van der Waals surface area contributed by atoms with Crippen molar-refractivity contribution in [2.24, 2.45) is 17.6 Å². The van der Waals surface area contributed by atoms with Crippen molar-refractivity contribution in [1.29, 1.82) is 0 Å². The predicted octanol–water partition coefficient (Wildman–Crippen LogP) is -0.736. The molecule has 204 valence electrons. The van der Waals surface area contributed by atoms with Gasteiger partial charge in [-0.2, -0.15) is 0 Å². The quantitative estimate of drug-likeness (QED) is 0.166. The van der Waals surface area contributed by atoms with Crippen molar-refractivity contribution in [2.75, 3.05) is 14.1 Å². The van der Waals surface area contributed by atoms with E-state index in [4.69, 9.17) is 37.1 Å². The maximum atomic E-state index is 13.6. The molecular formula is C23H23ClN2O12. The van der Waals surface area contributed by atoms with E-state index in [9.17, 15) is 39.9 Å². The van der Waals surface area contributed by atoms with Crippen molar-refractivity contribution >= 4 is 46.8 Å². The number of phenolic OH excluding ortho intramolecular Hbond substituents is 1. The number of primary amides is 1. The van der Waals surface area contributed by atoms with Crippen molar-refractivity contribution in [3.8, 4) is 5.75 Å². The molecule has 9 N–H and O–H groups in total. The normalized spacial score (nSPS) is 28.2. The second-order valence-corrected chi connectivity index (χ2v) is 9.48. The van der Waals surface area contributed by atoms with Crippen LogP contribution in [0, 0.1) is 11.8 Å². The summed E-state index contributed by atoms with van der Waals surface area (Å²) in [5.74, 6) is -11.8. The van der Waals surface area contributed by atoms with E-state index < -0.39 is 87.4 Å². The van der Waals surface area contributed by atoms with Crippen molar-refractivity contribution in [3.05, 3.63) is 45.2 Å². The molecule has 5 atom stereocenters. The number of likely N-dealkylation sites (N-methyl/N-ethyl adjacent to an activating group) is 1. The average Bonchev–Trinajstić information content (AvgIpc) is 2.80. The zero-order valence-corrected chi connectivity index (χ0v) is 20.5. The summed E-state index contributed by atoms with van der Waals surface area (Å²) in [7, 11) is 2.97. The van der Waals surface area contributed by atoms with Crippen LogP contribution in [-0.2, 0) is 24.0 Å². The summed E-state index contributed by atoms with van der Waals surface area (Å²) < 4.78 is 0. The number of amides is 1. The second-order valence-electron chi connectivity index (χ2n) is 9.08. The highest BCUT2D eigenvalue weighted by molar-refractivity contribution is 6.32. The van der Waals surface area contributed by atoms with Gasteiger partial charge < -0.3 is 41.5 Å². The number of benzene rings is 1. The van der Waals surface area contributed by atoms with Gasteiger partial charge in [-0.3, -0.25) is 19.3 Å². The van der Waals surface area contributed by atoms with Crippen LogP contribution in [0.4, 0.5) is 0 Å². The molecule has 1 amide bonds. The van der Waals surface area contributed by atoms with Gasteiger partial charge in [-0.25, -0.2) is 9.59 Å². The number of nitrogens with two attached hydrogens (primary N) is 1. The molecule has 15 heteroatoms. The lowest BCUT2D eigenvalue weighted by atomic mass is 9.57. The molecule has 0 aromatic heterocycles. The molecule has 38 heavy (non-hydrogen) atoms. The number of carbonyl (C=O) groups is 5. The largest absolute Gasteiger partial charge is 0.508 e. The molecule has 1 fully saturated rings. The van der Waals surface area contributed by atoms with Crippen molar-refractivity contribution in [2.45, 2.75) is 24.2 Å². The number of carboxylic acids is 2. The molecule has 3 aliphatic rings. The van der Waals surface area contributed by atoms with Gasteiger partial charge in [0, 0.05) is 28.0 Å². The fraction of sp³-hybridized carbons (Fsp3) is 0.348. The highest BCUT2D eigenvalue weighted by Gasteiger charge is 2.65. The van der Waals surface area contributed by atoms with Crippen molar-refractivity contribution in [3.63, 3.8) is 0 Å². The summed E-state index contributed by atoms with van der Waals surface area (Å²) in [6.07, 6.45) is -1.70. The van der Waals surface area contributed by atoms with Crippen LogP contribution in [0.25, 0.3) is 5.76 Å². The Morgan fingerprint density at radius 1 is 1.08 bits per heavy atom. The fourth-order valence-corrected chi connectivity index (χ4v) is 5.51. The highest BCUT2D eigenvalue weighted by atomic mass is 35.5. The number of ketones is 2. The van der Waals surface area contributed by atoms with Gasteiger partial charge in [-0.1, -0.05) is 11.6 Å². The SMILES string of the molecule is CN(C)[C@@H]1C(=O)C(C(N)=O)=C(O)[C@@]2(O)C(=O)C3=C(O)c4c(O)ccc(Cl)c4[C@@H](O)[C@H]3C[C@H]12.O=C(O)C(=O)O. The number of aliphatic carboxylic acids is 2. The molecule has 0 spiro atoms. The Balaban J connectivity index is 0.000000599. The first-order chi connectivity index (χ1) is 17.5. The van der Waals surface area contributed by atoms with Gasteiger partial charge in [-0.15, -0.1) is 0 Å². The number of carboxylic acid groups (broad SMARTS) is 2. The third-order valence-corrected chi connectivity index (χ3v) is 7.15. The molecule has 0 radical (unpaired) electrons. The minimum Gasteiger partial charge on any atom is -0.508 e. The first kappa shape index (κ1) is 28.6. The number of halogens is 1. The van der Waals surface area contributed by atoms with Crippen LogP contribution in [0.5, 0.6) is 5.75 Å². The predicted molar refractivity (Wildman–Crippen MR) is 126 cm³/mol. The number of carbonyl (C=O) groups excluding carboxylic acids is 3. The lowest BCUT2D eigenvalue weighted by molar-refractivity contribution is -0.159. The number of hydrogen-bond donors (Lipinski definition) is 8. The molecule has 14 nitrogen and oxygen atoms in total. The van der Waals surface area contributed by atoms with E-state index in [1.54, 1.807) is 0 Å². The molecule has 1 aromatic carbocycles. The Morgan fingerprint density at radius 2 is 1.63 bits per heavy atom. The number of Topliss-reactive ketones (excluding diaryl/α,β-unsaturated/α-hetero) is 2. The average molecular weight is 555 g/mol. The van der Waals surface area contributed by atoms with Crippen LogP contribution < -0.4 is 5.73 Å². The first-order valence-electron chi connectivity index (χ1n) is 10.8. The Kier molecular flexibility index (Phi) is 7.31. The van der Waals surface area contributed by atoms with Crippen molar-refractivity contribution in [1.82, 2.24) is 4.90 Å². The fourth-order valence-electron chi connectivity index (χ4n) is 5.24. The van der Waals surface area contributed by atoms with E-state index in [0.29, 0.717) is 0 Å². The third kappa shape index (κ3) is 4.07. The molecule has 0 bridgehead atoms. The number of aliphatic hydroxyl groups is 4. The van der Waals surface area contributed by atoms with E-state index >= 15 is 0 Å². The molecule has 3 aliphatic carbocycles. The van der Waals surface area contributed by atoms with E-state index in [1.807, 2.05) is 0 Å². The van der Waals surface area contributed by atoms with Crippen LogP contribution in [0.3, 0.4) is 0 Å². The van der Waals surface area contributed by atoms with E-state index in [1.165, 1.54) is 31.1 Å². The van der Waals surface area contributed by atoms with Gasteiger partial charge in [0.05, 0.1) is 17.7 Å². The van der Waals surface area contributed by atoms with E-state index in [2.05, 4.69) is 0 Å². The van der Waals surface area contributed by atoms with E-state index in [-0.39, 0.29) is 22.6 Å². The maximum absolute atomic E-state index is 13.6. The number of fused-ring (bicyclic) bond motifs is 3. The second kappa shape index (κ2) is 9.72. The highest BCUT2D eigenvalue weighted by Crippen LogP contribution is 2.56. The monoisotopic (exact) mass is 554 g/mol. The summed E-state index contributed by atoms with van der Waals surface area (Å²) in [6.45, 7) is 0. The zero-order chi connectivity index (χ0) is 29.0. The van der Waals surface area contributed by atoms with Crippen LogP contribution in [0.15, 0.2) is 29.0 Å². The van der Waals surface area contributed by atoms with Gasteiger partial charge in [0.25, 0.3) is 5.91 Å². The lowest BCUT2D eigenvalue weighted by Crippen LogP contribution is -2.66. The third-order valence-electron chi connectivity index (χ3n) is 6.82. The number of nitrogens with zero attached hydrogens (tertiary/aromatic N) is 1. The van der Waals surface area contributed by atoms with Gasteiger partial charge in [0.15, 0.2) is 11.4 Å². The number of aliphatic hydroxyl groups excluding tert-OH is 3. The smallest absolute Gasteiger partial charge is 0.414 e. The summed E-state index contributed by atoms with van der Waals surface area (Å²) in [6, 6.07) is 1.25. The topological polar surface area (TPSA) is 256 Å². The Bertz CT molecular complexity index is 1340. The zero-order valence-electron chi connectivity index (χ0n) is 19.7. The summed E-state index contributed by atoms with van der Waals surface area (Å²) in [4.78, 5) is 58.0. The van der Waals surface area contributed by atoms with Crippen LogP contribution in [-0.4, -0.2) is 95.8 Å². The number of hydrogen-bond acceptors (Lipinski definition) is 11. The number of phenols is 1. The molecule has 0 aliphatic heterocycles. The lowest BCUT2D eigenvalue weighted by Gasteiger charge is -2.51. The Hall–Kier alpha value is -3.98. The number of rotatable bonds is 2. The molecule has 1 aromatic rings. The standard InChI is InChI=1S/C21H21ClN2O8.C2H2O4/c1-24(2)14-7-5-6-10(16(27)12-9(25)4-3-8(22)11(12)15(6)26)18(29)21(7,32)19(30)13(17(14)28)20(23)31;3-1(4)2(5)6/h3-4,6-7,14-15,25-27,30,32H,5H2,1-2H3,(H2,23,31);(H,3,4)(H,5,6)/t6-,7+,14-,15-,21-;/m0./s1. The first-order valence-corrected chi connectivity index (χ1v) is 11.2. The summed E-state index contributed by atoms with van der Waals surface area (Å²) in [5, 5.41) is 69.1. The summed E-state index contributed by atoms with van der Waals surface area (Å²) >= 11 is 6.19. The van der Waals surface area contributed by atoms with E-state index in [0.717, 1.165) is 0 Å². The van der Waals surface area contributed by atoms with Gasteiger partial charge in [-0.05, 0) is 32.6 Å². The van der Waals surface area contributed by atoms with Gasteiger partial charge >= 0.3 is 11.9 Å². The van der Waals surface area contributed by atoms with Crippen LogP contribution in [0.1, 0.15) is 23.7 Å². The van der Waals surface area contributed by atoms with Gasteiger partial charge in [0.2, 0.25) is 5.78 Å². The molecule has 0 heterocycles. The molecule has 1 saturated carbocycles. The van der Waals surface area contributed by atoms with Gasteiger partial charge in [0.1, 0.15) is 22.8 Å². The number of aromatic hydroxyl groups is 1. The van der Waals surface area contributed by atoms with Crippen LogP contribution in [0.2, 0.25) is 5.02 Å². The molecular weight excluding hydrogens is 532 g/mol. The molecule has 4 rings (SSSR count). The minimum atomic E-state index is -2.77. The Labute approximate surface area is 218 Å².